The van der Waals surface area contributed by atoms with Gasteiger partial charge >= 0.3 is 0 Å². The van der Waals surface area contributed by atoms with Crippen molar-refractivity contribution in [2.75, 3.05) is 24.7 Å². The van der Waals surface area contributed by atoms with E-state index in [1.807, 2.05) is 30.3 Å². The standard InChI is InChI=1S/C16H20N2O/c1-12-3-6-14(17)11-16(12)18-10-9-13-4-7-15(19-2)8-5-13/h3-8,11,18H,9-10,17H2,1-2H3. The number of nitrogen functional groups attached to an aromatic ring is 1. The lowest BCUT2D eigenvalue weighted by atomic mass is 10.1. The third kappa shape index (κ3) is 3.65. The summed E-state index contributed by atoms with van der Waals surface area (Å²) in [6, 6.07) is 14.1. The van der Waals surface area contributed by atoms with Crippen LogP contribution in [0, 0.1) is 6.92 Å². The van der Waals surface area contributed by atoms with E-state index in [1.54, 1.807) is 7.11 Å². The molecule has 0 atom stereocenters. The van der Waals surface area contributed by atoms with E-state index >= 15 is 0 Å². The molecule has 0 heterocycles. The van der Waals surface area contributed by atoms with E-state index in [-0.39, 0.29) is 0 Å². The van der Waals surface area contributed by atoms with Crippen LogP contribution in [0.2, 0.25) is 0 Å². The Morgan fingerprint density at radius 2 is 1.84 bits per heavy atom. The molecule has 2 aromatic carbocycles. The highest BCUT2D eigenvalue weighted by Crippen LogP contribution is 2.18. The first-order chi connectivity index (χ1) is 9.19. The molecule has 2 aromatic rings. The van der Waals surface area contributed by atoms with Gasteiger partial charge in [0.1, 0.15) is 5.75 Å². The minimum atomic E-state index is 0.789. The average molecular weight is 256 g/mol. The molecule has 0 amide bonds. The summed E-state index contributed by atoms with van der Waals surface area (Å²) in [6.07, 6.45) is 0.970. The van der Waals surface area contributed by atoms with Crippen molar-refractivity contribution < 1.29 is 4.74 Å². The van der Waals surface area contributed by atoms with Crippen molar-refractivity contribution in [1.29, 1.82) is 0 Å². The van der Waals surface area contributed by atoms with Crippen molar-refractivity contribution >= 4 is 11.4 Å². The summed E-state index contributed by atoms with van der Waals surface area (Å²) >= 11 is 0. The number of methoxy groups -OCH3 is 1. The van der Waals surface area contributed by atoms with Crippen molar-refractivity contribution in [2.45, 2.75) is 13.3 Å². The van der Waals surface area contributed by atoms with E-state index in [2.05, 4.69) is 24.4 Å². The minimum Gasteiger partial charge on any atom is -0.497 e. The predicted molar refractivity (Wildman–Crippen MR) is 80.8 cm³/mol. The van der Waals surface area contributed by atoms with E-state index in [9.17, 15) is 0 Å². The molecule has 0 saturated heterocycles. The summed E-state index contributed by atoms with van der Waals surface area (Å²) in [5.41, 5.74) is 10.2. The third-order valence-electron chi connectivity index (χ3n) is 3.15. The van der Waals surface area contributed by atoms with Crippen LogP contribution in [0.15, 0.2) is 42.5 Å². The van der Waals surface area contributed by atoms with Gasteiger partial charge in [-0.3, -0.25) is 0 Å². The fourth-order valence-electron chi connectivity index (χ4n) is 1.96. The quantitative estimate of drug-likeness (QED) is 0.807. The Morgan fingerprint density at radius 1 is 1.11 bits per heavy atom. The number of benzene rings is 2. The largest absolute Gasteiger partial charge is 0.497 e. The summed E-state index contributed by atoms with van der Waals surface area (Å²) in [7, 11) is 1.68. The topological polar surface area (TPSA) is 47.3 Å². The lowest BCUT2D eigenvalue weighted by molar-refractivity contribution is 0.414. The molecule has 0 aliphatic rings. The second kappa shape index (κ2) is 6.14. The van der Waals surface area contributed by atoms with Crippen LogP contribution in [-0.4, -0.2) is 13.7 Å². The highest BCUT2D eigenvalue weighted by molar-refractivity contribution is 5.59. The number of nitrogens with two attached hydrogens (primary N) is 1. The molecule has 0 aliphatic heterocycles. The molecule has 2 rings (SSSR count). The lowest BCUT2D eigenvalue weighted by Gasteiger charge is -2.10. The van der Waals surface area contributed by atoms with Gasteiger partial charge in [-0.15, -0.1) is 0 Å². The van der Waals surface area contributed by atoms with Gasteiger partial charge in [0.2, 0.25) is 0 Å². The maximum absolute atomic E-state index is 5.79. The van der Waals surface area contributed by atoms with Crippen molar-refractivity contribution in [2.24, 2.45) is 0 Å². The molecule has 0 radical (unpaired) electrons. The normalized spacial score (nSPS) is 10.2. The van der Waals surface area contributed by atoms with Crippen molar-refractivity contribution in [3.05, 3.63) is 53.6 Å². The molecule has 19 heavy (non-hydrogen) atoms. The van der Waals surface area contributed by atoms with Gasteiger partial charge in [0.05, 0.1) is 7.11 Å². The maximum Gasteiger partial charge on any atom is 0.118 e. The van der Waals surface area contributed by atoms with E-state index in [0.29, 0.717) is 0 Å². The number of hydrogen-bond acceptors (Lipinski definition) is 3. The van der Waals surface area contributed by atoms with Crippen LogP contribution in [0.1, 0.15) is 11.1 Å². The van der Waals surface area contributed by atoms with Crippen LogP contribution in [0.3, 0.4) is 0 Å². The van der Waals surface area contributed by atoms with Crippen LogP contribution >= 0.6 is 0 Å². The Hall–Kier alpha value is -2.16. The second-order valence-electron chi connectivity index (χ2n) is 4.60. The van der Waals surface area contributed by atoms with Crippen molar-refractivity contribution in [1.82, 2.24) is 0 Å². The van der Waals surface area contributed by atoms with E-state index < -0.39 is 0 Å². The van der Waals surface area contributed by atoms with Crippen LogP contribution in [-0.2, 0) is 6.42 Å². The fraction of sp³-hybridized carbons (Fsp3) is 0.250. The highest BCUT2D eigenvalue weighted by Gasteiger charge is 1.99. The number of aryl methyl sites for hydroxylation is 1. The van der Waals surface area contributed by atoms with Crippen LogP contribution in [0.4, 0.5) is 11.4 Å². The molecule has 0 saturated carbocycles. The van der Waals surface area contributed by atoms with Crippen LogP contribution in [0.5, 0.6) is 5.75 Å². The first kappa shape index (κ1) is 13.3. The second-order valence-corrected chi connectivity index (χ2v) is 4.60. The van der Waals surface area contributed by atoms with E-state index in [0.717, 1.165) is 30.1 Å². The summed E-state index contributed by atoms with van der Waals surface area (Å²) in [5.74, 6) is 0.892. The lowest BCUT2D eigenvalue weighted by Crippen LogP contribution is -2.06. The molecule has 3 N–H and O–H groups in total. The zero-order valence-electron chi connectivity index (χ0n) is 11.4. The molecule has 100 valence electrons. The highest BCUT2D eigenvalue weighted by atomic mass is 16.5. The summed E-state index contributed by atoms with van der Waals surface area (Å²) < 4.78 is 5.14. The Labute approximate surface area is 114 Å². The number of rotatable bonds is 5. The molecule has 0 spiro atoms. The zero-order chi connectivity index (χ0) is 13.7. The van der Waals surface area contributed by atoms with Crippen molar-refractivity contribution in [3.63, 3.8) is 0 Å². The number of hydrogen-bond donors (Lipinski definition) is 2. The predicted octanol–water partition coefficient (Wildman–Crippen LogP) is 3.24. The first-order valence-electron chi connectivity index (χ1n) is 6.42. The van der Waals surface area contributed by atoms with Crippen LogP contribution < -0.4 is 15.8 Å². The molecule has 3 nitrogen and oxygen atoms in total. The molecule has 0 aliphatic carbocycles. The smallest absolute Gasteiger partial charge is 0.118 e. The molecule has 3 heteroatoms. The summed E-state index contributed by atoms with van der Waals surface area (Å²) in [6.45, 7) is 2.96. The molecular weight excluding hydrogens is 236 g/mol. The molecule has 0 bridgehead atoms. The Morgan fingerprint density at radius 3 is 2.53 bits per heavy atom. The Balaban J connectivity index is 1.90. The van der Waals surface area contributed by atoms with Gasteiger partial charge in [0.25, 0.3) is 0 Å². The minimum absolute atomic E-state index is 0.789. The van der Waals surface area contributed by atoms with Gasteiger partial charge in [0, 0.05) is 17.9 Å². The third-order valence-corrected chi connectivity index (χ3v) is 3.15. The number of nitrogens with one attached hydrogen (secondary N) is 1. The van der Waals surface area contributed by atoms with Gasteiger partial charge in [-0.2, -0.15) is 0 Å². The Bertz CT molecular complexity index is 535. The monoisotopic (exact) mass is 256 g/mol. The zero-order valence-corrected chi connectivity index (χ0v) is 11.4. The van der Waals surface area contributed by atoms with Crippen molar-refractivity contribution in [3.8, 4) is 5.75 Å². The number of anilines is 2. The number of ether oxygens (including phenoxy) is 1. The van der Waals surface area contributed by atoms with Gasteiger partial charge in [-0.05, 0) is 48.7 Å². The van der Waals surface area contributed by atoms with Gasteiger partial charge in [0.15, 0.2) is 0 Å². The van der Waals surface area contributed by atoms with Crippen LogP contribution in [0.25, 0.3) is 0 Å². The Kier molecular flexibility index (Phi) is 4.29. The molecule has 0 fully saturated rings. The molecule has 0 unspecified atom stereocenters. The van der Waals surface area contributed by atoms with Gasteiger partial charge in [-0.25, -0.2) is 0 Å². The summed E-state index contributed by atoms with van der Waals surface area (Å²) in [4.78, 5) is 0. The van der Waals surface area contributed by atoms with Gasteiger partial charge < -0.3 is 15.8 Å². The average Bonchev–Trinajstić information content (AvgIpc) is 2.43. The SMILES string of the molecule is COc1ccc(CCNc2cc(N)ccc2C)cc1. The van der Waals surface area contributed by atoms with Gasteiger partial charge in [-0.1, -0.05) is 18.2 Å². The maximum atomic E-state index is 5.79. The van der Waals surface area contributed by atoms with E-state index in [4.69, 9.17) is 10.5 Å². The summed E-state index contributed by atoms with van der Waals surface area (Å²) in [5, 5.41) is 3.42. The first-order valence-corrected chi connectivity index (χ1v) is 6.42. The van der Waals surface area contributed by atoms with E-state index in [1.165, 1.54) is 11.1 Å². The molecular formula is C16H20N2O. The molecule has 0 aromatic heterocycles. The fourth-order valence-corrected chi connectivity index (χ4v) is 1.96.